The van der Waals surface area contributed by atoms with Crippen LogP contribution in [0.1, 0.15) is 147 Å². The Balaban J connectivity index is 1.24. The average Bonchev–Trinajstić information content (AvgIpc) is 1.65. The molecule has 12 aromatic rings. The fourth-order valence-corrected chi connectivity index (χ4v) is 12.3. The van der Waals surface area contributed by atoms with Gasteiger partial charge < -0.3 is 18.9 Å². The lowest BCUT2D eigenvalue weighted by Gasteiger charge is -2.46. The number of fused-ring (bicyclic) bond motifs is 15. The van der Waals surface area contributed by atoms with Crippen molar-refractivity contribution in [1.29, 1.82) is 0 Å². The molecule has 3 aliphatic rings. The summed E-state index contributed by atoms with van der Waals surface area (Å²) < 4.78 is 263. The number of nitrogens with zero attached hydrogens (tertiary/aromatic N) is 4. The van der Waals surface area contributed by atoms with E-state index >= 15 is 0 Å². The van der Waals surface area contributed by atoms with Crippen LogP contribution in [0, 0.1) is 6.92 Å². The molecule has 0 atom stereocenters. The number of thiophene rings is 1. The lowest BCUT2D eigenvalue weighted by atomic mass is 9.33. The van der Waals surface area contributed by atoms with Crippen LogP contribution in [0.3, 0.4) is 0 Å². The Bertz CT molecular complexity index is 6070. The second-order valence-corrected chi connectivity index (χ2v) is 25.6. The molecule has 6 heterocycles. The van der Waals surface area contributed by atoms with E-state index in [4.69, 9.17) is 2.74 Å². The van der Waals surface area contributed by atoms with Crippen LogP contribution in [0.5, 0.6) is 0 Å². The van der Waals surface area contributed by atoms with Crippen LogP contribution in [-0.4, -0.2) is 15.8 Å². The van der Waals surface area contributed by atoms with Crippen molar-refractivity contribution in [3.05, 3.63) is 185 Å². The first-order valence-electron chi connectivity index (χ1n) is 38.7. The highest BCUT2D eigenvalue weighted by atomic mass is 32.1. The molecule has 6 heteroatoms. The summed E-state index contributed by atoms with van der Waals surface area (Å²) in [5.41, 5.74) is -8.78. The monoisotopic (exact) mass is 1040 g/mol. The van der Waals surface area contributed by atoms with Gasteiger partial charge in [0.15, 0.2) is 0 Å². The molecular weight excluding hydrogens is 952 g/mol. The smallest absolute Gasteiger partial charge is 0.252 e. The molecule has 0 bridgehead atoms. The second-order valence-electron chi connectivity index (χ2n) is 24.6. The summed E-state index contributed by atoms with van der Waals surface area (Å²) in [5, 5.41) is -0.836. The van der Waals surface area contributed by atoms with E-state index in [1.165, 1.54) is 16.4 Å². The molecule has 0 saturated heterocycles. The molecule has 4 nitrogen and oxygen atoms in total. The molecule has 0 unspecified atom stereocenters. The number of rotatable bonds is 2. The van der Waals surface area contributed by atoms with Crippen molar-refractivity contribution in [3.63, 3.8) is 0 Å². The van der Waals surface area contributed by atoms with Crippen molar-refractivity contribution >= 4 is 132 Å². The highest BCUT2D eigenvalue weighted by Gasteiger charge is 2.47. The number of anilines is 6. The van der Waals surface area contributed by atoms with Crippen molar-refractivity contribution in [2.45, 2.75) is 112 Å². The summed E-state index contributed by atoms with van der Waals surface area (Å²) in [5.74, 6) is 0. The summed E-state index contributed by atoms with van der Waals surface area (Å²) >= 11 is 0.687. The van der Waals surface area contributed by atoms with Gasteiger partial charge in [0.2, 0.25) is 0 Å². The van der Waals surface area contributed by atoms with Gasteiger partial charge in [0.25, 0.3) is 6.71 Å². The fraction of sp³-hybridized carbons (Fsp3) is 0.239. The Hall–Kier alpha value is -7.54. The normalized spacial score (nSPS) is 18.9. The van der Waals surface area contributed by atoms with Crippen LogP contribution in [0.25, 0.3) is 75.2 Å². The van der Waals surface area contributed by atoms with Gasteiger partial charge in [0, 0.05) is 59.8 Å². The number of aromatic nitrogens is 2. The number of benzene rings is 9. The van der Waals surface area contributed by atoms with Crippen molar-refractivity contribution in [3.8, 4) is 11.4 Å². The highest BCUT2D eigenvalue weighted by Crippen LogP contribution is 2.55. The van der Waals surface area contributed by atoms with E-state index in [1.807, 2.05) is 0 Å². The van der Waals surface area contributed by atoms with E-state index in [-0.39, 0.29) is 167 Å². The molecule has 3 aliphatic heterocycles. The van der Waals surface area contributed by atoms with Crippen LogP contribution in [-0.2, 0) is 21.7 Å². The van der Waals surface area contributed by atoms with Crippen molar-refractivity contribution in [1.82, 2.24) is 9.13 Å². The standard InChI is InChI=1S/C71H65BN4S/c1-40-32-60-64-61(33-40)76-62-38-44(71(11,12)13)37-51-50-36-43(70(8,9)10)26-31-56(50)75(65(51)62)57-21-17-20-53(66(57)76)72(64)52-28-27-45(39-59(52)74(60)58-22-16-19-47-46-18-14-15-23-63(46)77-67(47)58)73-54-29-24-41(68(2,3)4)34-48(54)49-35-42(69(5,6)7)25-30-55(49)73/h14-39H,1-13H3/i14D,15D,16D,17D,18D,19D,20D,21D,22D,23D,24D,25D,26D,27D,28D,29D,30D,31D,32D,33D,34D,35D,36D,37D,38D,39D. The number of hydrogen-bond acceptors (Lipinski definition) is 3. The molecule has 0 N–H and O–H groups in total. The molecule has 0 amide bonds. The van der Waals surface area contributed by atoms with Crippen molar-refractivity contribution in [2.75, 3.05) is 9.80 Å². The van der Waals surface area contributed by atoms with E-state index in [2.05, 4.69) is 0 Å². The summed E-state index contributed by atoms with van der Waals surface area (Å²) in [7, 11) is 0. The molecule has 0 spiro atoms. The topological polar surface area (TPSA) is 16.3 Å². The van der Waals surface area contributed by atoms with Gasteiger partial charge in [-0.25, -0.2) is 0 Å². The molecule has 3 aromatic heterocycles. The van der Waals surface area contributed by atoms with Gasteiger partial charge in [-0.05, 0) is 163 Å². The maximum Gasteiger partial charge on any atom is 0.252 e. The van der Waals surface area contributed by atoms with E-state index in [1.54, 1.807) is 83.1 Å². The number of para-hydroxylation sites is 1. The highest BCUT2D eigenvalue weighted by molar-refractivity contribution is 7.26. The molecular formula is C71H65BN4S. The van der Waals surface area contributed by atoms with Gasteiger partial charge in [-0.3, -0.25) is 0 Å². The Kier molecular flexibility index (Phi) is 5.42. The zero-order valence-corrected chi connectivity index (χ0v) is 45.6. The van der Waals surface area contributed by atoms with Crippen LogP contribution in [0.15, 0.2) is 157 Å². The zero-order chi connectivity index (χ0) is 75.8. The van der Waals surface area contributed by atoms with E-state index in [0.29, 0.717) is 11.3 Å². The van der Waals surface area contributed by atoms with Crippen molar-refractivity contribution < 1.29 is 35.6 Å². The first-order chi connectivity index (χ1) is 47.6. The second kappa shape index (κ2) is 15.4. The van der Waals surface area contributed by atoms with Gasteiger partial charge in [-0.2, -0.15) is 0 Å². The minimum atomic E-state index is -1.86. The SMILES string of the molecule is [2H]c1c([2H])c2c3c(c1[2H])-n1c4c([2H])c([2H])c(C(C)(C)C)c([2H])c4c4c([2H])c(C(C)(C)C)c([2H])c(c41)N3c1c([2H])c(C)c([2H])c3c1B2c1c([2H])c([2H])c(-n2c4c([2H])c([2H])c(C(C)(C)C)c([2H])c4c4c([2H])c(C(C)(C)C)c([2H])c([2H])c42)c([2H])c1N3c1c([2H])c([2H])c([2H])c2c1sc1c([2H])c([2H])c([2H])c([2H])c12. The first kappa shape index (κ1) is 27.2. The van der Waals surface area contributed by atoms with Crippen LogP contribution in [0.4, 0.5) is 34.1 Å². The summed E-state index contributed by atoms with van der Waals surface area (Å²) in [4.78, 5) is 2.58. The predicted molar refractivity (Wildman–Crippen MR) is 335 cm³/mol. The lowest BCUT2D eigenvalue weighted by molar-refractivity contribution is 0.590. The third-order valence-electron chi connectivity index (χ3n) is 15.1. The molecule has 0 aliphatic carbocycles. The molecule has 378 valence electrons. The maximum absolute atomic E-state index is 11.2. The van der Waals surface area contributed by atoms with E-state index < -0.39 is 172 Å². The summed E-state index contributed by atoms with van der Waals surface area (Å²) in [6.45, 7) is 20.5. The molecule has 0 saturated carbocycles. The Morgan fingerprint density at radius 2 is 0.948 bits per heavy atom. The zero-order valence-electron chi connectivity index (χ0n) is 70.8. The third kappa shape index (κ3) is 6.51. The van der Waals surface area contributed by atoms with Gasteiger partial charge in [-0.15, -0.1) is 11.3 Å². The molecule has 0 fully saturated rings. The lowest BCUT2D eigenvalue weighted by Crippen LogP contribution is -2.61. The van der Waals surface area contributed by atoms with Gasteiger partial charge in [0.05, 0.1) is 85.2 Å². The largest absolute Gasteiger partial charge is 0.310 e. The minimum absolute atomic E-state index is 0.00908. The number of hydrogen-bond donors (Lipinski definition) is 0. The van der Waals surface area contributed by atoms with Crippen LogP contribution in [0.2, 0.25) is 0 Å². The third-order valence-corrected chi connectivity index (χ3v) is 16.2. The van der Waals surface area contributed by atoms with E-state index in [0.717, 1.165) is 9.47 Å². The quantitative estimate of drug-likeness (QED) is 0.160. The fourth-order valence-electron chi connectivity index (χ4n) is 11.2. The first-order valence-corrected chi connectivity index (χ1v) is 26.5. The Labute approximate surface area is 493 Å². The predicted octanol–water partition coefficient (Wildman–Crippen LogP) is 18.1. The average molecular weight is 1040 g/mol. The maximum atomic E-state index is 11.2. The molecule has 15 rings (SSSR count). The molecule has 77 heavy (non-hydrogen) atoms. The molecule has 0 radical (unpaired) electrons. The minimum Gasteiger partial charge on any atom is -0.310 e. The van der Waals surface area contributed by atoms with Gasteiger partial charge in [0.1, 0.15) is 0 Å². The summed E-state index contributed by atoms with van der Waals surface area (Å²) in [6.07, 6.45) is 0. The van der Waals surface area contributed by atoms with Gasteiger partial charge in [-0.1, -0.05) is 150 Å². The van der Waals surface area contributed by atoms with Crippen LogP contribution < -0.4 is 26.2 Å². The Morgan fingerprint density at radius 1 is 0.403 bits per heavy atom. The summed E-state index contributed by atoms with van der Waals surface area (Å²) in [6, 6.07) is -15.2. The van der Waals surface area contributed by atoms with Crippen LogP contribution >= 0.6 is 11.3 Å². The van der Waals surface area contributed by atoms with E-state index in [9.17, 15) is 32.9 Å². The molecule has 9 aromatic carbocycles. The van der Waals surface area contributed by atoms with Crippen molar-refractivity contribution in [2.24, 2.45) is 0 Å². The van der Waals surface area contributed by atoms with Gasteiger partial charge >= 0.3 is 0 Å². The Morgan fingerprint density at radius 3 is 1.58 bits per heavy atom.